The van der Waals surface area contributed by atoms with Crippen molar-refractivity contribution in [1.82, 2.24) is 10.3 Å². The van der Waals surface area contributed by atoms with Gasteiger partial charge in [0.1, 0.15) is 0 Å². The van der Waals surface area contributed by atoms with E-state index in [1.165, 1.54) is 19.3 Å². The fraction of sp³-hybridized carbons (Fsp3) is 0.667. The predicted molar refractivity (Wildman–Crippen MR) is 81.6 cm³/mol. The van der Waals surface area contributed by atoms with Gasteiger partial charge in [-0.05, 0) is 45.2 Å². The molecule has 1 N–H and O–H groups in total. The van der Waals surface area contributed by atoms with Gasteiger partial charge >= 0.3 is 5.69 Å². The van der Waals surface area contributed by atoms with Crippen LogP contribution < -0.4 is 10.2 Å². The molecule has 0 radical (unpaired) electrons. The average molecular weight is 290 g/mol. The van der Waals surface area contributed by atoms with Crippen LogP contribution in [0.1, 0.15) is 31.2 Å². The highest BCUT2D eigenvalue weighted by Gasteiger charge is 2.38. The third-order valence-electron chi connectivity index (χ3n) is 4.81. The van der Waals surface area contributed by atoms with Gasteiger partial charge in [0.25, 0.3) is 0 Å². The number of anilines is 1. The van der Waals surface area contributed by atoms with E-state index in [0.29, 0.717) is 11.4 Å². The summed E-state index contributed by atoms with van der Waals surface area (Å²) in [5.41, 5.74) is 1.11. The number of hydrogen-bond donors (Lipinski definition) is 1. The standard InChI is InChI=1S/C15H22N4O2/c1-12-4-8-17-14(13(12)19(20)21)18-9-3-6-15(11-18)5-2-7-16-10-15/h4,8,16H,2-3,5-7,9-11H2,1H3. The molecule has 0 saturated carbocycles. The summed E-state index contributed by atoms with van der Waals surface area (Å²) in [4.78, 5) is 17.5. The van der Waals surface area contributed by atoms with Crippen LogP contribution in [-0.2, 0) is 0 Å². The first-order valence-electron chi connectivity index (χ1n) is 7.67. The highest BCUT2D eigenvalue weighted by molar-refractivity contribution is 5.61. The molecule has 1 atom stereocenters. The fourth-order valence-corrected chi connectivity index (χ4v) is 3.76. The minimum absolute atomic E-state index is 0.165. The van der Waals surface area contributed by atoms with Crippen LogP contribution in [0, 0.1) is 22.5 Å². The Hall–Kier alpha value is -1.69. The van der Waals surface area contributed by atoms with E-state index in [9.17, 15) is 10.1 Å². The molecule has 6 heteroatoms. The Morgan fingerprint density at radius 1 is 1.43 bits per heavy atom. The Morgan fingerprint density at radius 3 is 2.95 bits per heavy atom. The van der Waals surface area contributed by atoms with Crippen LogP contribution in [0.25, 0.3) is 0 Å². The average Bonchev–Trinajstić information content (AvgIpc) is 2.47. The summed E-state index contributed by atoms with van der Waals surface area (Å²) in [5, 5.41) is 14.9. The molecule has 0 bridgehead atoms. The summed E-state index contributed by atoms with van der Waals surface area (Å²) in [5.74, 6) is 0.546. The largest absolute Gasteiger partial charge is 0.350 e. The number of pyridine rings is 1. The lowest BCUT2D eigenvalue weighted by Crippen LogP contribution is -2.51. The molecule has 1 aromatic heterocycles. The van der Waals surface area contributed by atoms with Gasteiger partial charge in [-0.15, -0.1) is 0 Å². The second-order valence-electron chi connectivity index (χ2n) is 6.36. The molecule has 0 aromatic carbocycles. The number of piperidine rings is 2. The minimum Gasteiger partial charge on any atom is -0.350 e. The first kappa shape index (κ1) is 14.3. The fourth-order valence-electron chi connectivity index (χ4n) is 3.76. The molecule has 1 spiro atoms. The van der Waals surface area contributed by atoms with Gasteiger partial charge in [0.15, 0.2) is 0 Å². The zero-order chi connectivity index (χ0) is 14.9. The summed E-state index contributed by atoms with van der Waals surface area (Å²) in [6, 6.07) is 1.71. The Kier molecular flexibility index (Phi) is 3.80. The van der Waals surface area contributed by atoms with Crippen molar-refractivity contribution in [2.45, 2.75) is 32.6 Å². The third kappa shape index (κ3) is 2.72. The van der Waals surface area contributed by atoms with Gasteiger partial charge in [-0.1, -0.05) is 0 Å². The highest BCUT2D eigenvalue weighted by Crippen LogP contribution is 2.39. The van der Waals surface area contributed by atoms with Gasteiger partial charge in [0.05, 0.1) is 4.92 Å². The monoisotopic (exact) mass is 290 g/mol. The van der Waals surface area contributed by atoms with Crippen LogP contribution in [0.2, 0.25) is 0 Å². The van der Waals surface area contributed by atoms with Gasteiger partial charge in [-0.2, -0.15) is 0 Å². The molecule has 2 aliphatic heterocycles. The second-order valence-corrected chi connectivity index (χ2v) is 6.36. The normalized spacial score (nSPS) is 26.0. The molecule has 3 rings (SSSR count). The molecule has 2 aliphatic rings. The van der Waals surface area contributed by atoms with Crippen LogP contribution in [0.15, 0.2) is 12.3 Å². The molecular weight excluding hydrogens is 268 g/mol. The maximum atomic E-state index is 11.4. The lowest BCUT2D eigenvalue weighted by Gasteiger charge is -2.45. The van der Waals surface area contributed by atoms with Gasteiger partial charge in [-0.3, -0.25) is 10.1 Å². The van der Waals surface area contributed by atoms with Gasteiger partial charge < -0.3 is 10.2 Å². The number of aryl methyl sites for hydroxylation is 1. The van der Waals surface area contributed by atoms with E-state index < -0.39 is 0 Å². The van der Waals surface area contributed by atoms with Crippen molar-refractivity contribution in [3.05, 3.63) is 27.9 Å². The summed E-state index contributed by atoms with van der Waals surface area (Å²) in [6.45, 7) is 5.62. The van der Waals surface area contributed by atoms with Crippen molar-refractivity contribution in [2.24, 2.45) is 5.41 Å². The number of rotatable bonds is 2. The van der Waals surface area contributed by atoms with E-state index >= 15 is 0 Å². The van der Waals surface area contributed by atoms with E-state index in [4.69, 9.17) is 0 Å². The Labute approximate surface area is 124 Å². The second kappa shape index (κ2) is 5.60. The molecule has 0 aliphatic carbocycles. The smallest absolute Gasteiger partial charge is 0.314 e. The number of hydrogen-bond acceptors (Lipinski definition) is 5. The van der Waals surface area contributed by atoms with Gasteiger partial charge in [0.2, 0.25) is 5.82 Å². The molecule has 1 aromatic rings. The van der Waals surface area contributed by atoms with Crippen molar-refractivity contribution in [3.63, 3.8) is 0 Å². The van der Waals surface area contributed by atoms with Crippen molar-refractivity contribution < 1.29 is 4.92 Å². The van der Waals surface area contributed by atoms with E-state index in [-0.39, 0.29) is 16.0 Å². The third-order valence-corrected chi connectivity index (χ3v) is 4.81. The Balaban J connectivity index is 1.90. The topological polar surface area (TPSA) is 71.3 Å². The molecule has 114 valence electrons. The maximum absolute atomic E-state index is 11.4. The molecule has 0 amide bonds. The number of nitro groups is 1. The van der Waals surface area contributed by atoms with Crippen LogP contribution in [0.5, 0.6) is 0 Å². The summed E-state index contributed by atoms with van der Waals surface area (Å²) in [7, 11) is 0. The molecular formula is C15H22N4O2. The van der Waals surface area contributed by atoms with Crippen molar-refractivity contribution in [1.29, 1.82) is 0 Å². The van der Waals surface area contributed by atoms with Crippen molar-refractivity contribution >= 4 is 11.5 Å². The molecule has 2 saturated heterocycles. The van der Waals surface area contributed by atoms with Crippen LogP contribution in [-0.4, -0.2) is 36.1 Å². The van der Waals surface area contributed by atoms with Crippen LogP contribution >= 0.6 is 0 Å². The quantitative estimate of drug-likeness (QED) is 0.668. The first-order valence-corrected chi connectivity index (χ1v) is 7.67. The maximum Gasteiger partial charge on any atom is 0.314 e. The molecule has 3 heterocycles. The minimum atomic E-state index is -0.294. The summed E-state index contributed by atoms with van der Waals surface area (Å²) in [6.07, 6.45) is 6.36. The number of nitrogens with zero attached hydrogens (tertiary/aromatic N) is 3. The zero-order valence-electron chi connectivity index (χ0n) is 12.5. The zero-order valence-corrected chi connectivity index (χ0v) is 12.5. The molecule has 1 unspecified atom stereocenters. The first-order chi connectivity index (χ1) is 10.1. The predicted octanol–water partition coefficient (Wildman–Crippen LogP) is 2.27. The molecule has 2 fully saturated rings. The van der Waals surface area contributed by atoms with Crippen molar-refractivity contribution in [2.75, 3.05) is 31.1 Å². The molecule has 21 heavy (non-hydrogen) atoms. The lowest BCUT2D eigenvalue weighted by atomic mass is 9.74. The van der Waals surface area contributed by atoms with E-state index in [1.807, 2.05) is 0 Å². The van der Waals surface area contributed by atoms with Crippen molar-refractivity contribution in [3.8, 4) is 0 Å². The summed E-state index contributed by atoms with van der Waals surface area (Å²) >= 11 is 0. The number of aromatic nitrogens is 1. The lowest BCUT2D eigenvalue weighted by molar-refractivity contribution is -0.384. The highest BCUT2D eigenvalue weighted by atomic mass is 16.6. The SMILES string of the molecule is Cc1ccnc(N2CCCC3(CCCNC3)C2)c1[N+](=O)[O-]. The summed E-state index contributed by atoms with van der Waals surface area (Å²) < 4.78 is 0. The Bertz CT molecular complexity index is 535. The number of nitrogens with one attached hydrogen (secondary N) is 1. The van der Waals surface area contributed by atoms with Gasteiger partial charge in [-0.25, -0.2) is 4.98 Å². The van der Waals surface area contributed by atoms with E-state index in [0.717, 1.165) is 32.6 Å². The Morgan fingerprint density at radius 2 is 2.24 bits per heavy atom. The van der Waals surface area contributed by atoms with Crippen LogP contribution in [0.3, 0.4) is 0 Å². The molecule has 6 nitrogen and oxygen atoms in total. The van der Waals surface area contributed by atoms with E-state index in [1.54, 1.807) is 19.2 Å². The van der Waals surface area contributed by atoms with E-state index in [2.05, 4.69) is 15.2 Å². The van der Waals surface area contributed by atoms with Crippen LogP contribution in [0.4, 0.5) is 11.5 Å². The van der Waals surface area contributed by atoms with Gasteiger partial charge in [0, 0.05) is 36.8 Å².